The van der Waals surface area contributed by atoms with Gasteiger partial charge in [0.2, 0.25) is 0 Å². The number of nitrogens with zero attached hydrogens (tertiary/aromatic N) is 1. The highest BCUT2D eigenvalue weighted by atomic mass is 79.9. The lowest BCUT2D eigenvalue weighted by Gasteiger charge is -2.13. The molecule has 0 spiro atoms. The molecule has 0 unspecified atom stereocenters. The van der Waals surface area contributed by atoms with Crippen molar-refractivity contribution < 1.29 is 23.4 Å². The third kappa shape index (κ3) is 5.33. The van der Waals surface area contributed by atoms with Gasteiger partial charge in [-0.3, -0.25) is 0 Å². The van der Waals surface area contributed by atoms with Crippen LogP contribution in [-0.2, 0) is 24.2 Å². The van der Waals surface area contributed by atoms with E-state index in [2.05, 4.69) is 20.9 Å². The van der Waals surface area contributed by atoms with Gasteiger partial charge in [-0.15, -0.1) is 11.3 Å². The average Bonchev–Trinajstić information content (AvgIpc) is 3.21. The number of ether oxygens (including phenoxy) is 3. The average molecular weight is 546 g/mol. The number of methoxy groups -OCH3 is 1. The highest BCUT2D eigenvalue weighted by Gasteiger charge is 2.26. The van der Waals surface area contributed by atoms with E-state index >= 15 is 0 Å². The van der Waals surface area contributed by atoms with Crippen LogP contribution in [0.25, 0.3) is 0 Å². The first-order valence-electron chi connectivity index (χ1n) is 11.1. The Morgan fingerprint density at radius 3 is 2.76 bits per heavy atom. The zero-order valence-electron chi connectivity index (χ0n) is 19.0. The van der Waals surface area contributed by atoms with Gasteiger partial charge in [0.25, 0.3) is 0 Å². The van der Waals surface area contributed by atoms with E-state index in [9.17, 15) is 9.18 Å². The molecule has 3 aromatic rings. The number of carbonyl (C=O) groups excluding carboxylic acids is 1. The van der Waals surface area contributed by atoms with Gasteiger partial charge in [0.15, 0.2) is 11.5 Å². The maximum absolute atomic E-state index is 13.9. The lowest BCUT2D eigenvalue weighted by molar-refractivity contribution is 0.0526. The van der Waals surface area contributed by atoms with E-state index in [-0.39, 0.29) is 18.4 Å². The van der Waals surface area contributed by atoms with Gasteiger partial charge in [-0.25, -0.2) is 14.2 Å². The van der Waals surface area contributed by atoms with Gasteiger partial charge >= 0.3 is 5.97 Å². The first-order chi connectivity index (χ1) is 16.5. The molecule has 8 heteroatoms. The molecule has 0 fully saturated rings. The molecule has 1 aromatic heterocycles. The minimum absolute atomic E-state index is 0.0760. The van der Waals surface area contributed by atoms with Crippen molar-refractivity contribution in [2.75, 3.05) is 13.7 Å². The van der Waals surface area contributed by atoms with Gasteiger partial charge in [-0.05, 0) is 72.3 Å². The fourth-order valence-electron chi connectivity index (χ4n) is 3.88. The number of halogens is 2. The predicted molar refractivity (Wildman–Crippen MR) is 136 cm³/mol. The van der Waals surface area contributed by atoms with Crippen LogP contribution in [-0.4, -0.2) is 25.9 Å². The molecule has 178 valence electrons. The van der Waals surface area contributed by atoms with E-state index in [1.165, 1.54) is 10.9 Å². The second-order valence-corrected chi connectivity index (χ2v) is 9.71. The predicted octanol–water partition coefficient (Wildman–Crippen LogP) is 7.04. The summed E-state index contributed by atoms with van der Waals surface area (Å²) < 4.78 is 31.3. The van der Waals surface area contributed by atoms with Crippen molar-refractivity contribution in [3.8, 4) is 11.5 Å². The molecule has 0 aliphatic heterocycles. The largest absolute Gasteiger partial charge is 0.493 e. The van der Waals surface area contributed by atoms with Crippen LogP contribution >= 0.6 is 27.3 Å². The number of aliphatic imine (C=N–C) groups is 1. The van der Waals surface area contributed by atoms with Crippen LogP contribution in [0.15, 0.2) is 45.9 Å². The van der Waals surface area contributed by atoms with Crippen LogP contribution in [0.5, 0.6) is 11.5 Å². The Morgan fingerprint density at radius 2 is 2.00 bits per heavy atom. The summed E-state index contributed by atoms with van der Waals surface area (Å²) in [6, 6.07) is 10.1. The Morgan fingerprint density at radius 1 is 1.21 bits per heavy atom. The summed E-state index contributed by atoms with van der Waals surface area (Å²) in [5, 5.41) is 0.663. The summed E-state index contributed by atoms with van der Waals surface area (Å²) in [6.07, 6.45) is 5.73. The van der Waals surface area contributed by atoms with E-state index in [0.717, 1.165) is 41.3 Å². The SMILES string of the molecule is CCOC(=O)c1c(N=Cc2cc(OC)c(OCc3ccccc3F)cc2Br)sc2c1CCCC2. The molecular formula is C26H25BrFNO4S. The summed E-state index contributed by atoms with van der Waals surface area (Å²) >= 11 is 5.12. The minimum atomic E-state index is -0.319. The van der Waals surface area contributed by atoms with Crippen LogP contribution in [0, 0.1) is 5.82 Å². The summed E-state index contributed by atoms with van der Waals surface area (Å²) in [5.74, 6) is 0.341. The number of carbonyl (C=O) groups is 1. The number of aryl methyl sites for hydroxylation is 1. The molecule has 0 saturated carbocycles. The number of fused-ring (bicyclic) bond motifs is 1. The molecule has 1 aliphatic rings. The van der Waals surface area contributed by atoms with E-state index in [1.807, 2.05) is 0 Å². The second-order valence-electron chi connectivity index (χ2n) is 7.77. The summed E-state index contributed by atoms with van der Waals surface area (Å²) in [7, 11) is 1.55. The maximum atomic E-state index is 13.9. The van der Waals surface area contributed by atoms with Crippen molar-refractivity contribution in [3.63, 3.8) is 0 Å². The van der Waals surface area contributed by atoms with Crippen LogP contribution < -0.4 is 9.47 Å². The van der Waals surface area contributed by atoms with E-state index in [1.54, 1.807) is 61.9 Å². The molecule has 1 aliphatic carbocycles. The summed E-state index contributed by atoms with van der Waals surface area (Å²) in [5.41, 5.74) is 2.89. The van der Waals surface area contributed by atoms with Crippen molar-refractivity contribution >= 4 is 44.5 Å². The first-order valence-corrected chi connectivity index (χ1v) is 12.7. The molecule has 0 bridgehead atoms. The highest BCUT2D eigenvalue weighted by Crippen LogP contribution is 2.41. The first kappa shape index (κ1) is 24.4. The quantitative estimate of drug-likeness (QED) is 0.225. The van der Waals surface area contributed by atoms with Gasteiger partial charge < -0.3 is 14.2 Å². The third-order valence-electron chi connectivity index (χ3n) is 5.58. The van der Waals surface area contributed by atoms with Crippen LogP contribution in [0.4, 0.5) is 9.39 Å². The van der Waals surface area contributed by atoms with Crippen molar-refractivity contribution in [1.82, 2.24) is 0 Å². The number of benzene rings is 2. The molecule has 1 heterocycles. The van der Waals surface area contributed by atoms with Gasteiger partial charge in [-0.1, -0.05) is 18.2 Å². The molecule has 0 saturated heterocycles. The number of rotatable bonds is 8. The molecule has 0 N–H and O–H groups in total. The van der Waals surface area contributed by atoms with E-state index in [0.29, 0.717) is 34.2 Å². The molecule has 0 amide bonds. The normalized spacial score (nSPS) is 13.1. The third-order valence-corrected chi connectivity index (χ3v) is 7.46. The van der Waals surface area contributed by atoms with Gasteiger partial charge in [-0.2, -0.15) is 0 Å². The molecule has 4 rings (SSSR count). The smallest absolute Gasteiger partial charge is 0.341 e. The van der Waals surface area contributed by atoms with Gasteiger partial charge in [0.1, 0.15) is 17.4 Å². The Bertz CT molecular complexity index is 1220. The lowest BCUT2D eigenvalue weighted by Crippen LogP contribution is -2.09. The fourth-order valence-corrected chi connectivity index (χ4v) is 5.52. The molecule has 0 radical (unpaired) electrons. The highest BCUT2D eigenvalue weighted by molar-refractivity contribution is 9.10. The van der Waals surface area contributed by atoms with Crippen LogP contribution in [0.3, 0.4) is 0 Å². The van der Waals surface area contributed by atoms with Crippen LogP contribution in [0.2, 0.25) is 0 Å². The monoisotopic (exact) mass is 545 g/mol. The van der Waals surface area contributed by atoms with Crippen LogP contribution in [0.1, 0.15) is 51.7 Å². The zero-order chi connectivity index (χ0) is 24.1. The van der Waals surface area contributed by atoms with Crippen molar-refractivity contribution in [2.24, 2.45) is 4.99 Å². The second kappa shape index (κ2) is 11.1. The maximum Gasteiger partial charge on any atom is 0.341 e. The van der Waals surface area contributed by atoms with E-state index < -0.39 is 0 Å². The summed E-state index contributed by atoms with van der Waals surface area (Å²) in [6.45, 7) is 2.20. The molecule has 34 heavy (non-hydrogen) atoms. The topological polar surface area (TPSA) is 57.1 Å². The molecule has 0 atom stereocenters. The molecule has 5 nitrogen and oxygen atoms in total. The zero-order valence-corrected chi connectivity index (χ0v) is 21.4. The summed E-state index contributed by atoms with van der Waals surface area (Å²) in [4.78, 5) is 18.6. The lowest BCUT2D eigenvalue weighted by atomic mass is 9.95. The number of thiophene rings is 1. The van der Waals surface area contributed by atoms with Crippen molar-refractivity contribution in [1.29, 1.82) is 0 Å². The van der Waals surface area contributed by atoms with Crippen molar-refractivity contribution in [3.05, 3.63) is 73.8 Å². The molecule has 2 aromatic carbocycles. The Labute approximate surface area is 210 Å². The van der Waals surface area contributed by atoms with E-state index in [4.69, 9.17) is 14.2 Å². The fraction of sp³-hybridized carbons (Fsp3) is 0.308. The molecular weight excluding hydrogens is 521 g/mol. The Balaban J connectivity index is 1.61. The van der Waals surface area contributed by atoms with Crippen molar-refractivity contribution in [2.45, 2.75) is 39.2 Å². The Hall–Kier alpha value is -2.71. The Kier molecular flexibility index (Phi) is 8.00. The van der Waals surface area contributed by atoms with Gasteiger partial charge in [0.05, 0.1) is 19.3 Å². The number of esters is 1. The minimum Gasteiger partial charge on any atom is -0.493 e. The number of hydrogen-bond acceptors (Lipinski definition) is 6. The number of hydrogen-bond donors (Lipinski definition) is 0. The standard InChI is InChI=1S/C26H25BrFNO4S/c1-3-32-26(30)24-18-9-5-7-11-23(18)34-25(24)29-14-17-12-21(31-2)22(13-19(17)27)33-15-16-8-4-6-10-20(16)28/h4,6,8,10,12-14H,3,5,7,9,11,15H2,1-2H3. The van der Waals surface area contributed by atoms with Gasteiger partial charge in [0, 0.05) is 26.7 Å².